The Kier molecular flexibility index (Phi) is 6.00. The lowest BCUT2D eigenvalue weighted by Crippen LogP contribution is -2.58. The van der Waals surface area contributed by atoms with Crippen LogP contribution in [0.25, 0.3) is 10.2 Å². The molecule has 0 radical (unpaired) electrons. The van der Waals surface area contributed by atoms with E-state index in [0.717, 1.165) is 12.1 Å². The summed E-state index contributed by atoms with van der Waals surface area (Å²) in [5.74, 6) is -1.25. The van der Waals surface area contributed by atoms with Crippen LogP contribution in [0, 0.1) is 11.6 Å². The van der Waals surface area contributed by atoms with Crippen molar-refractivity contribution in [2.24, 2.45) is 0 Å². The lowest BCUT2D eigenvalue weighted by Gasteiger charge is -2.42. The van der Waals surface area contributed by atoms with Crippen LogP contribution in [0.2, 0.25) is 14.5 Å². The zero-order valence-electron chi connectivity index (χ0n) is 15.2. The van der Waals surface area contributed by atoms with Crippen molar-refractivity contribution in [3.63, 3.8) is 0 Å². The van der Waals surface area contributed by atoms with Crippen LogP contribution in [0.5, 0.6) is 5.75 Å². The number of nitrogens with zero attached hydrogens (tertiary/aromatic N) is 2. The number of piperidine rings is 1. The number of aliphatic hydroxyl groups is 2. The van der Waals surface area contributed by atoms with Crippen LogP contribution in [-0.2, 0) is 0 Å². The molecule has 1 aromatic heterocycles. The second-order valence-electron chi connectivity index (χ2n) is 7.01. The normalized spacial score (nSPS) is 22.0. The highest BCUT2D eigenvalue weighted by atomic mass is 35.5. The zero-order chi connectivity index (χ0) is 21.6. The Morgan fingerprint density at radius 2 is 1.93 bits per heavy atom. The molecule has 0 amide bonds. The smallest absolute Gasteiger partial charge is 0.184 e. The first-order valence-electron chi connectivity index (χ1n) is 8.85. The second-order valence-corrected chi connectivity index (χ2v) is 9.44. The summed E-state index contributed by atoms with van der Waals surface area (Å²) in [5, 5.41) is 21.8. The standard InChI is InChI=1S/C19H15Cl3F2N2O3S/c20-9-5-11(23)16(12(24)6-9)26-4-3-19(28,14(27)7-26)8-29-13-2-1-10(21)15-17(13)30-18(22)25-15/h1-2,5-6,14,27-28H,3-4,7-8H2/t14-,19-/m1/s1. The summed E-state index contributed by atoms with van der Waals surface area (Å²) in [6.45, 7) is -0.313. The quantitative estimate of drug-likeness (QED) is 0.538. The highest BCUT2D eigenvalue weighted by Crippen LogP contribution is 2.38. The number of halogens is 5. The van der Waals surface area contributed by atoms with Crippen LogP contribution in [0.3, 0.4) is 0 Å². The molecule has 2 heterocycles. The number of aliphatic hydroxyl groups excluding tert-OH is 1. The molecule has 3 aromatic rings. The summed E-state index contributed by atoms with van der Waals surface area (Å²) in [6.07, 6.45) is -1.29. The van der Waals surface area contributed by atoms with Gasteiger partial charge < -0.3 is 19.8 Å². The summed E-state index contributed by atoms with van der Waals surface area (Å²) < 4.78 is 35.1. The summed E-state index contributed by atoms with van der Waals surface area (Å²) >= 11 is 18.9. The Balaban J connectivity index is 1.50. The number of hydrogen-bond donors (Lipinski definition) is 2. The lowest BCUT2D eigenvalue weighted by molar-refractivity contribution is -0.108. The zero-order valence-corrected chi connectivity index (χ0v) is 18.3. The van der Waals surface area contributed by atoms with E-state index in [9.17, 15) is 19.0 Å². The molecule has 30 heavy (non-hydrogen) atoms. The van der Waals surface area contributed by atoms with Gasteiger partial charge in [-0.3, -0.25) is 0 Å². The van der Waals surface area contributed by atoms with Crippen LogP contribution in [0.4, 0.5) is 14.5 Å². The molecular formula is C19H15Cl3F2N2O3S. The lowest BCUT2D eigenvalue weighted by atomic mass is 9.89. The molecule has 1 saturated heterocycles. The first-order chi connectivity index (χ1) is 14.2. The maximum atomic E-state index is 14.2. The van der Waals surface area contributed by atoms with Crippen molar-refractivity contribution >= 4 is 62.0 Å². The molecule has 1 aliphatic heterocycles. The van der Waals surface area contributed by atoms with E-state index in [4.69, 9.17) is 39.5 Å². The Morgan fingerprint density at radius 3 is 2.60 bits per heavy atom. The topological polar surface area (TPSA) is 65.8 Å². The highest BCUT2D eigenvalue weighted by molar-refractivity contribution is 7.22. The predicted molar refractivity (Wildman–Crippen MR) is 114 cm³/mol. The molecular weight excluding hydrogens is 481 g/mol. The molecule has 0 saturated carbocycles. The van der Waals surface area contributed by atoms with E-state index in [1.165, 1.54) is 16.2 Å². The number of rotatable bonds is 4. The average Bonchev–Trinajstić information content (AvgIpc) is 3.06. The van der Waals surface area contributed by atoms with E-state index in [-0.39, 0.29) is 36.8 Å². The summed E-state index contributed by atoms with van der Waals surface area (Å²) in [5.41, 5.74) is -1.42. The molecule has 0 bridgehead atoms. The average molecular weight is 496 g/mol. The van der Waals surface area contributed by atoms with Crippen molar-refractivity contribution in [2.75, 3.05) is 24.6 Å². The number of hydrogen-bond acceptors (Lipinski definition) is 6. The molecule has 2 atom stereocenters. The van der Waals surface area contributed by atoms with Gasteiger partial charge in [0.2, 0.25) is 0 Å². The fourth-order valence-corrected chi connectivity index (χ4v) is 4.96. The van der Waals surface area contributed by atoms with Gasteiger partial charge in [-0.15, -0.1) is 0 Å². The van der Waals surface area contributed by atoms with Gasteiger partial charge in [-0.05, 0) is 30.7 Å². The first-order valence-corrected chi connectivity index (χ1v) is 10.8. The minimum atomic E-state index is -1.61. The van der Waals surface area contributed by atoms with Crippen LogP contribution >= 0.6 is 46.1 Å². The van der Waals surface area contributed by atoms with E-state index in [2.05, 4.69) is 4.98 Å². The minimum absolute atomic E-state index is 0.0237. The van der Waals surface area contributed by atoms with Crippen LogP contribution in [0.15, 0.2) is 24.3 Å². The monoisotopic (exact) mass is 494 g/mol. The molecule has 1 fully saturated rings. The Bertz CT molecular complexity index is 1090. The van der Waals surface area contributed by atoms with Crippen molar-refractivity contribution in [2.45, 2.75) is 18.1 Å². The SMILES string of the molecule is O[C@@H]1CN(c2c(F)cc(Cl)cc2F)CC[C@@]1(O)COc1ccc(Cl)c2nc(Cl)sc12. The molecule has 0 unspecified atom stereocenters. The van der Waals surface area contributed by atoms with Gasteiger partial charge in [0.05, 0.1) is 9.72 Å². The number of thiazole rings is 1. The van der Waals surface area contributed by atoms with Gasteiger partial charge in [-0.2, -0.15) is 0 Å². The summed E-state index contributed by atoms with van der Waals surface area (Å²) in [7, 11) is 0. The Labute approximate surface area is 189 Å². The van der Waals surface area contributed by atoms with Crippen molar-refractivity contribution in [1.82, 2.24) is 4.98 Å². The van der Waals surface area contributed by atoms with Crippen LogP contribution < -0.4 is 9.64 Å². The van der Waals surface area contributed by atoms with Crippen LogP contribution in [0.1, 0.15) is 6.42 Å². The molecule has 0 aliphatic carbocycles. The number of aromatic nitrogens is 1. The Morgan fingerprint density at radius 1 is 1.23 bits per heavy atom. The van der Waals surface area contributed by atoms with Gasteiger partial charge in [0.25, 0.3) is 0 Å². The molecule has 2 N–H and O–H groups in total. The predicted octanol–water partition coefficient (Wildman–Crippen LogP) is 4.92. The Hall–Kier alpha value is -1.42. The number of ether oxygens (including phenoxy) is 1. The molecule has 160 valence electrons. The van der Waals surface area contributed by atoms with Gasteiger partial charge in [-0.1, -0.05) is 46.1 Å². The van der Waals surface area contributed by atoms with E-state index in [0.29, 0.717) is 25.5 Å². The first kappa shape index (κ1) is 21.8. The van der Waals surface area contributed by atoms with Gasteiger partial charge in [0.15, 0.2) is 16.1 Å². The van der Waals surface area contributed by atoms with E-state index in [1.54, 1.807) is 12.1 Å². The van der Waals surface area contributed by atoms with Crippen molar-refractivity contribution in [3.8, 4) is 5.75 Å². The van der Waals surface area contributed by atoms with Gasteiger partial charge in [-0.25, -0.2) is 13.8 Å². The third-order valence-corrected chi connectivity index (χ3v) is 6.73. The maximum Gasteiger partial charge on any atom is 0.184 e. The third-order valence-electron chi connectivity index (χ3n) is 5.04. The maximum absolute atomic E-state index is 14.2. The number of benzene rings is 2. The molecule has 11 heteroatoms. The molecule has 4 rings (SSSR count). The van der Waals surface area contributed by atoms with Gasteiger partial charge in [0.1, 0.15) is 35.3 Å². The third kappa shape index (κ3) is 4.04. The van der Waals surface area contributed by atoms with Gasteiger partial charge >= 0.3 is 0 Å². The van der Waals surface area contributed by atoms with Crippen molar-refractivity contribution < 1.29 is 23.7 Å². The number of fused-ring (bicyclic) bond motifs is 1. The largest absolute Gasteiger partial charge is 0.489 e. The fraction of sp³-hybridized carbons (Fsp3) is 0.316. The molecule has 1 aliphatic rings. The highest BCUT2D eigenvalue weighted by Gasteiger charge is 2.42. The summed E-state index contributed by atoms with van der Waals surface area (Å²) in [4.78, 5) is 5.48. The number of β-amino-alcohol motifs (C(OH)–C–C–N with tert-alkyl or cyclic N) is 1. The second kappa shape index (κ2) is 8.26. The number of anilines is 1. The van der Waals surface area contributed by atoms with E-state index < -0.39 is 23.3 Å². The fourth-order valence-electron chi connectivity index (χ4n) is 3.42. The van der Waals surface area contributed by atoms with Crippen LogP contribution in [-0.4, -0.2) is 46.6 Å². The van der Waals surface area contributed by atoms with Gasteiger partial charge in [0, 0.05) is 18.1 Å². The van der Waals surface area contributed by atoms with E-state index >= 15 is 0 Å². The minimum Gasteiger partial charge on any atom is -0.489 e. The molecule has 5 nitrogen and oxygen atoms in total. The summed E-state index contributed by atoms with van der Waals surface area (Å²) in [6, 6.07) is 5.23. The van der Waals surface area contributed by atoms with Crippen molar-refractivity contribution in [1.29, 1.82) is 0 Å². The molecule has 2 aromatic carbocycles. The van der Waals surface area contributed by atoms with E-state index in [1.807, 2.05) is 0 Å². The molecule has 0 spiro atoms. The van der Waals surface area contributed by atoms with Crippen molar-refractivity contribution in [3.05, 3.63) is 50.4 Å².